The van der Waals surface area contributed by atoms with Gasteiger partial charge >= 0.3 is 22.7 Å². The molecule has 0 unspecified atom stereocenters. The molecule has 0 saturated carbocycles. The van der Waals surface area contributed by atoms with Crippen molar-refractivity contribution in [1.29, 1.82) is 0 Å². The summed E-state index contributed by atoms with van der Waals surface area (Å²) in [4.78, 5) is 3.25. The number of hydrogen-bond donors (Lipinski definition) is 0. The van der Waals surface area contributed by atoms with Gasteiger partial charge in [-0.3, -0.25) is 0 Å². The molecule has 0 saturated heterocycles. The Labute approximate surface area is 166 Å². The molecular weight excluding hydrogens is 414 g/mol. The molecule has 29 heavy (non-hydrogen) atoms. The van der Waals surface area contributed by atoms with Crippen LogP contribution in [0.5, 0.6) is 17.2 Å². The topological polar surface area (TPSA) is 75.4 Å². The summed E-state index contributed by atoms with van der Waals surface area (Å²) in [6.07, 6.45) is 0. The Balaban J connectivity index is 2.32. The van der Waals surface area contributed by atoms with Gasteiger partial charge in [-0.1, -0.05) is 12.1 Å². The highest BCUT2D eigenvalue weighted by atomic mass is 32.2. The van der Waals surface area contributed by atoms with Gasteiger partial charge in [-0.25, -0.2) is 4.85 Å². The lowest BCUT2D eigenvalue weighted by atomic mass is 9.95. The van der Waals surface area contributed by atoms with Crippen molar-refractivity contribution in [1.82, 2.24) is 0 Å². The van der Waals surface area contributed by atoms with Gasteiger partial charge in [0.2, 0.25) is 0 Å². The first-order valence-corrected chi connectivity index (χ1v) is 9.40. The van der Waals surface area contributed by atoms with Crippen LogP contribution in [0.1, 0.15) is 5.56 Å². The zero-order chi connectivity index (χ0) is 21.7. The molecule has 0 heterocycles. The molecule has 2 rings (SSSR count). The van der Waals surface area contributed by atoms with Crippen molar-refractivity contribution >= 4 is 22.9 Å². The van der Waals surface area contributed by atoms with Gasteiger partial charge in [0.05, 0.1) is 13.2 Å². The summed E-state index contributed by atoms with van der Waals surface area (Å²) in [6.45, 7) is 8.16. The molecule has 0 aliphatic rings. The van der Waals surface area contributed by atoms with Gasteiger partial charge in [-0.05, 0) is 37.2 Å². The van der Waals surface area contributed by atoms with Crippen molar-refractivity contribution in [2.45, 2.75) is 18.9 Å². The van der Waals surface area contributed by atoms with Crippen LogP contribution >= 0.6 is 0 Å². The van der Waals surface area contributed by atoms with Gasteiger partial charge in [-0.2, -0.15) is 21.6 Å². The maximum Gasteiger partial charge on any atom is 0.534 e. The number of rotatable bonds is 8. The predicted molar refractivity (Wildman–Crippen MR) is 98.2 cm³/mol. The third-order valence-electron chi connectivity index (χ3n) is 3.52. The molecule has 154 valence electrons. The maximum absolute atomic E-state index is 12.6. The molecule has 0 spiro atoms. The molecule has 0 fully saturated rings. The second kappa shape index (κ2) is 9.17. The highest BCUT2D eigenvalue weighted by Gasteiger charge is 2.48. The Hall–Kier alpha value is -2.75. The molecule has 0 aliphatic carbocycles. The summed E-state index contributed by atoms with van der Waals surface area (Å²) < 4.78 is 80.6. The Morgan fingerprint density at radius 2 is 1.72 bits per heavy atom. The van der Waals surface area contributed by atoms with Crippen LogP contribution in [0.15, 0.2) is 42.5 Å². The van der Waals surface area contributed by atoms with Crippen LogP contribution < -0.4 is 8.92 Å². The molecule has 0 N–H and O–H groups in total. The van der Waals surface area contributed by atoms with E-state index in [0.29, 0.717) is 11.4 Å². The molecule has 0 bridgehead atoms. The fraction of sp³-hybridized carbons (Fsp3) is 0.235. The molecule has 12 heteroatoms. The summed E-state index contributed by atoms with van der Waals surface area (Å²) in [5, 5.41) is 0. The molecule has 0 aliphatic heterocycles. The summed E-state index contributed by atoms with van der Waals surface area (Å²) >= 11 is 0. The van der Waals surface area contributed by atoms with E-state index in [-0.39, 0.29) is 17.9 Å². The number of ether oxygens (including phenoxy) is 1. The normalized spacial score (nSPS) is 11.6. The van der Waals surface area contributed by atoms with E-state index in [9.17, 15) is 21.6 Å². The largest absolute Gasteiger partial charge is 0.534 e. The third kappa shape index (κ3) is 6.12. The number of hydrogen-bond acceptors (Lipinski definition) is 6. The number of halogens is 3. The average molecular weight is 429 g/mol. The molecule has 7 nitrogen and oxygen atoms in total. The number of alkyl halides is 3. The second-order valence-electron chi connectivity index (χ2n) is 5.57. The highest BCUT2D eigenvalue weighted by molar-refractivity contribution is 7.88. The van der Waals surface area contributed by atoms with Crippen molar-refractivity contribution in [2.75, 3.05) is 7.11 Å². The number of nitrogens with zero attached hydrogens (tertiary/aromatic N) is 1. The first-order valence-electron chi connectivity index (χ1n) is 7.99. The first kappa shape index (κ1) is 22.5. The maximum atomic E-state index is 12.6. The minimum Gasteiger partial charge on any atom is -0.457 e. The van der Waals surface area contributed by atoms with Crippen LogP contribution in [0.25, 0.3) is 4.85 Å². The molecule has 0 atom stereocenters. The van der Waals surface area contributed by atoms with Crippen molar-refractivity contribution in [3.63, 3.8) is 0 Å². The molecule has 2 aromatic rings. The summed E-state index contributed by atoms with van der Waals surface area (Å²) in [5.41, 5.74) is -5.18. The predicted octanol–water partition coefficient (Wildman–Crippen LogP) is 4.54. The van der Waals surface area contributed by atoms with Gasteiger partial charge in [0.1, 0.15) is 17.2 Å². The van der Waals surface area contributed by atoms with Crippen LogP contribution in [0.3, 0.4) is 0 Å². The zero-order valence-electron chi connectivity index (χ0n) is 15.3. The minimum absolute atomic E-state index is 0.00277. The monoisotopic (exact) mass is 429 g/mol. The van der Waals surface area contributed by atoms with Crippen LogP contribution in [-0.4, -0.2) is 28.2 Å². The minimum atomic E-state index is -5.85. The first-order chi connectivity index (χ1) is 13.6. The van der Waals surface area contributed by atoms with E-state index < -0.39 is 28.5 Å². The van der Waals surface area contributed by atoms with E-state index in [1.54, 1.807) is 6.82 Å². The van der Waals surface area contributed by atoms with Gasteiger partial charge in [0, 0.05) is 12.7 Å². The van der Waals surface area contributed by atoms with Gasteiger partial charge in [-0.15, -0.1) is 0 Å². The van der Waals surface area contributed by atoms with E-state index >= 15 is 0 Å². The summed E-state index contributed by atoms with van der Waals surface area (Å²) in [6, 6.07) is 9.69. The Morgan fingerprint density at radius 1 is 1.10 bits per heavy atom. The lowest BCUT2D eigenvalue weighted by Crippen LogP contribution is -2.28. The quantitative estimate of drug-likeness (QED) is 0.266. The summed E-state index contributed by atoms with van der Waals surface area (Å²) in [7, 11) is -5.19. The van der Waals surface area contributed by atoms with Gasteiger partial charge < -0.3 is 18.2 Å². The van der Waals surface area contributed by atoms with Crippen LogP contribution in [0, 0.1) is 6.57 Å². The number of benzene rings is 2. The molecule has 0 aromatic heterocycles. The van der Waals surface area contributed by atoms with E-state index in [0.717, 1.165) is 6.07 Å². The van der Waals surface area contributed by atoms with Crippen molar-refractivity contribution in [3.05, 3.63) is 59.4 Å². The van der Waals surface area contributed by atoms with Gasteiger partial charge in [0.15, 0.2) is 5.69 Å². The lowest BCUT2D eigenvalue weighted by molar-refractivity contribution is -0.0500. The third-order valence-corrected chi connectivity index (χ3v) is 4.49. The van der Waals surface area contributed by atoms with Crippen molar-refractivity contribution < 1.29 is 39.8 Å². The van der Waals surface area contributed by atoms with E-state index in [1.807, 2.05) is 0 Å². The van der Waals surface area contributed by atoms with Gasteiger partial charge in [0.25, 0.3) is 0 Å². The fourth-order valence-electron chi connectivity index (χ4n) is 1.98. The molecule has 0 radical (unpaired) electrons. The molecular formula is C17H15BF3NO6S. The average Bonchev–Trinajstić information content (AvgIpc) is 2.67. The standard InChI is InChI=1S/C17H15BF3NO6S/c1-18(25-3)26-11-12-10-15(27-14-6-4-13(22-2)5-7-14)8-9-16(12)28-29(23,24)17(19,20)21/h4-10H,11H2,1,3H3. The Kier molecular flexibility index (Phi) is 7.13. The smallest absolute Gasteiger partial charge is 0.457 e. The summed E-state index contributed by atoms with van der Waals surface area (Å²) in [5.74, 6) is 0.00781. The zero-order valence-corrected chi connectivity index (χ0v) is 16.1. The van der Waals surface area contributed by atoms with E-state index in [1.165, 1.54) is 43.5 Å². The van der Waals surface area contributed by atoms with E-state index in [4.69, 9.17) is 20.6 Å². The molecule has 0 amide bonds. The van der Waals surface area contributed by atoms with Crippen LogP contribution in [0.4, 0.5) is 18.9 Å². The van der Waals surface area contributed by atoms with Crippen LogP contribution in [0.2, 0.25) is 6.82 Å². The molecule has 2 aromatic carbocycles. The van der Waals surface area contributed by atoms with Crippen molar-refractivity contribution in [2.24, 2.45) is 0 Å². The highest BCUT2D eigenvalue weighted by Crippen LogP contribution is 2.33. The SMILES string of the molecule is [C-]#[N+]c1ccc(Oc2ccc(OS(=O)(=O)C(F)(F)F)c(COB(C)OC)c2)cc1. The Bertz CT molecular complexity index is 990. The Morgan fingerprint density at radius 3 is 2.28 bits per heavy atom. The van der Waals surface area contributed by atoms with Crippen molar-refractivity contribution in [3.8, 4) is 17.2 Å². The van der Waals surface area contributed by atoms with Crippen LogP contribution in [-0.2, 0) is 26.0 Å². The second-order valence-corrected chi connectivity index (χ2v) is 7.11. The van der Waals surface area contributed by atoms with E-state index in [2.05, 4.69) is 9.03 Å². The lowest BCUT2D eigenvalue weighted by Gasteiger charge is -2.15. The fourth-order valence-corrected chi connectivity index (χ4v) is 2.47.